The van der Waals surface area contributed by atoms with Crippen molar-refractivity contribution in [3.63, 3.8) is 0 Å². The second kappa shape index (κ2) is 9.28. The number of nitrogens with one attached hydrogen (secondary N) is 1. The molecule has 0 aliphatic carbocycles. The van der Waals surface area contributed by atoms with Crippen LogP contribution in [0.25, 0.3) is 15.8 Å². The van der Waals surface area contributed by atoms with Gasteiger partial charge in [-0.05, 0) is 44.2 Å². The topological polar surface area (TPSA) is 116 Å². The molecular formula is C24H20N4O5S. The Morgan fingerprint density at radius 3 is 2.65 bits per heavy atom. The number of hydrogen-bond acceptors (Lipinski definition) is 7. The van der Waals surface area contributed by atoms with E-state index in [9.17, 15) is 19.7 Å². The quantitative estimate of drug-likeness (QED) is 0.186. The van der Waals surface area contributed by atoms with Gasteiger partial charge in [-0.1, -0.05) is 12.1 Å². The third kappa shape index (κ3) is 4.30. The molecule has 1 amide bonds. The first kappa shape index (κ1) is 22.9. The first-order valence-electron chi connectivity index (χ1n) is 10.2. The summed E-state index contributed by atoms with van der Waals surface area (Å²) in [6.45, 7) is 3.80. The average molecular weight is 477 g/mol. The van der Waals surface area contributed by atoms with Crippen LogP contribution in [0.5, 0.6) is 0 Å². The molecule has 0 bridgehead atoms. The number of para-hydroxylation sites is 1. The van der Waals surface area contributed by atoms with Crippen LogP contribution in [0, 0.1) is 24.0 Å². The molecule has 0 saturated heterocycles. The summed E-state index contributed by atoms with van der Waals surface area (Å²) < 4.78 is 7.60. The summed E-state index contributed by atoms with van der Waals surface area (Å²) in [4.78, 5) is 35.6. The highest BCUT2D eigenvalue weighted by Crippen LogP contribution is 2.29. The Labute approximate surface area is 198 Å². The number of ether oxygens (including phenoxy) is 1. The number of methoxy groups -OCH3 is 1. The molecule has 4 rings (SSSR count). The minimum atomic E-state index is -0.471. The number of carbonyl (C=O) groups is 2. The van der Waals surface area contributed by atoms with E-state index in [1.54, 1.807) is 24.3 Å². The zero-order valence-corrected chi connectivity index (χ0v) is 19.4. The fraction of sp³-hybridized carbons (Fsp3) is 0.125. The highest BCUT2D eigenvalue weighted by molar-refractivity contribution is 7.20. The molecule has 0 unspecified atom stereocenters. The van der Waals surface area contributed by atoms with Gasteiger partial charge in [0.1, 0.15) is 0 Å². The molecule has 10 heteroatoms. The van der Waals surface area contributed by atoms with Gasteiger partial charge in [-0.15, -0.1) is 11.3 Å². The number of non-ortho nitro benzene ring substituents is 1. The van der Waals surface area contributed by atoms with Gasteiger partial charge in [0.2, 0.25) is 0 Å². The van der Waals surface area contributed by atoms with E-state index in [1.165, 1.54) is 36.8 Å². The Morgan fingerprint density at radius 1 is 1.15 bits per heavy atom. The number of rotatable bonds is 6. The van der Waals surface area contributed by atoms with Crippen molar-refractivity contribution in [1.82, 2.24) is 9.99 Å². The van der Waals surface area contributed by atoms with Crippen molar-refractivity contribution >= 4 is 45.2 Å². The number of thiophene rings is 1. The number of fused-ring (bicyclic) bond motifs is 1. The Bertz CT molecular complexity index is 1470. The van der Waals surface area contributed by atoms with E-state index in [0.717, 1.165) is 21.7 Å². The lowest BCUT2D eigenvalue weighted by molar-refractivity contribution is -0.384. The number of carbonyl (C=O) groups excluding carboxylic acids is 2. The molecule has 0 saturated carbocycles. The van der Waals surface area contributed by atoms with E-state index < -0.39 is 16.8 Å². The molecule has 0 fully saturated rings. The lowest BCUT2D eigenvalue weighted by atomic mass is 10.1. The van der Waals surface area contributed by atoms with Gasteiger partial charge in [-0.2, -0.15) is 5.10 Å². The zero-order chi connectivity index (χ0) is 24.4. The number of esters is 1. The molecule has 0 atom stereocenters. The van der Waals surface area contributed by atoms with Crippen LogP contribution in [0.4, 0.5) is 5.69 Å². The van der Waals surface area contributed by atoms with Crippen LogP contribution in [-0.4, -0.2) is 34.7 Å². The Balaban J connectivity index is 1.56. The van der Waals surface area contributed by atoms with Crippen LogP contribution in [0.15, 0.2) is 59.7 Å². The van der Waals surface area contributed by atoms with Crippen LogP contribution in [0.2, 0.25) is 0 Å². The number of nitro benzene ring substituents is 1. The van der Waals surface area contributed by atoms with Crippen molar-refractivity contribution in [2.24, 2.45) is 5.10 Å². The molecule has 2 aromatic heterocycles. The number of aromatic nitrogens is 1. The number of hydrogen-bond donors (Lipinski definition) is 1. The molecule has 34 heavy (non-hydrogen) atoms. The standard InChI is InChI=1S/C24H20N4O5S/c1-14-10-17(15(2)27(14)20-7-5-4-6-19(20)24(30)33-3)13-25-26-23(29)22-12-16-11-18(28(31)32)8-9-21(16)34-22/h4-13H,1-3H3,(H,26,29). The third-order valence-electron chi connectivity index (χ3n) is 5.32. The minimum absolute atomic E-state index is 0.0283. The summed E-state index contributed by atoms with van der Waals surface area (Å²) in [6, 6.07) is 15.1. The van der Waals surface area contributed by atoms with Crippen molar-refractivity contribution < 1.29 is 19.2 Å². The van der Waals surface area contributed by atoms with Crippen molar-refractivity contribution in [3.05, 3.63) is 92.1 Å². The van der Waals surface area contributed by atoms with Crippen molar-refractivity contribution in [3.8, 4) is 5.69 Å². The van der Waals surface area contributed by atoms with E-state index in [0.29, 0.717) is 21.5 Å². The van der Waals surface area contributed by atoms with Crippen molar-refractivity contribution in [2.45, 2.75) is 13.8 Å². The molecule has 0 aliphatic heterocycles. The van der Waals surface area contributed by atoms with Gasteiger partial charge in [-0.25, -0.2) is 10.2 Å². The van der Waals surface area contributed by atoms with E-state index >= 15 is 0 Å². The molecule has 9 nitrogen and oxygen atoms in total. The molecule has 4 aromatic rings. The fourth-order valence-electron chi connectivity index (χ4n) is 3.71. The Hall–Kier alpha value is -4.31. The van der Waals surface area contributed by atoms with Crippen LogP contribution >= 0.6 is 11.3 Å². The molecule has 172 valence electrons. The van der Waals surface area contributed by atoms with E-state index in [1.807, 2.05) is 36.6 Å². The van der Waals surface area contributed by atoms with E-state index in [-0.39, 0.29) is 5.69 Å². The molecule has 0 spiro atoms. The van der Waals surface area contributed by atoms with E-state index in [4.69, 9.17) is 4.74 Å². The molecule has 0 aliphatic rings. The van der Waals surface area contributed by atoms with Gasteiger partial charge in [-0.3, -0.25) is 14.9 Å². The molecule has 2 heterocycles. The number of amides is 1. The first-order valence-corrected chi connectivity index (χ1v) is 11.0. The van der Waals surface area contributed by atoms with Gasteiger partial charge < -0.3 is 9.30 Å². The summed E-state index contributed by atoms with van der Waals surface area (Å²) in [5.41, 5.74) is 6.09. The van der Waals surface area contributed by atoms with Gasteiger partial charge in [0, 0.05) is 39.2 Å². The number of hydrazone groups is 1. The highest BCUT2D eigenvalue weighted by atomic mass is 32.1. The summed E-state index contributed by atoms with van der Waals surface area (Å²) in [7, 11) is 1.34. The van der Waals surface area contributed by atoms with Gasteiger partial charge >= 0.3 is 5.97 Å². The minimum Gasteiger partial charge on any atom is -0.465 e. The Kier molecular flexibility index (Phi) is 6.24. The van der Waals surface area contributed by atoms with Crippen LogP contribution < -0.4 is 5.43 Å². The summed E-state index contributed by atoms with van der Waals surface area (Å²) in [6.07, 6.45) is 1.54. The fourth-order valence-corrected chi connectivity index (χ4v) is 4.64. The normalized spacial score (nSPS) is 11.1. The van der Waals surface area contributed by atoms with Crippen molar-refractivity contribution in [2.75, 3.05) is 7.11 Å². The maximum Gasteiger partial charge on any atom is 0.339 e. The monoisotopic (exact) mass is 476 g/mol. The number of aryl methyl sites for hydroxylation is 1. The van der Waals surface area contributed by atoms with Gasteiger partial charge in [0.05, 0.1) is 34.4 Å². The highest BCUT2D eigenvalue weighted by Gasteiger charge is 2.17. The summed E-state index contributed by atoms with van der Waals surface area (Å²) in [5, 5.41) is 15.7. The first-order chi connectivity index (χ1) is 16.3. The lowest BCUT2D eigenvalue weighted by Gasteiger charge is -2.13. The average Bonchev–Trinajstić information content (AvgIpc) is 3.38. The zero-order valence-electron chi connectivity index (χ0n) is 18.6. The number of nitrogens with zero attached hydrogens (tertiary/aromatic N) is 3. The van der Waals surface area contributed by atoms with Gasteiger partial charge in [0.15, 0.2) is 0 Å². The summed E-state index contributed by atoms with van der Waals surface area (Å²) >= 11 is 1.23. The second-order valence-electron chi connectivity index (χ2n) is 7.46. The third-order valence-corrected chi connectivity index (χ3v) is 6.44. The smallest absolute Gasteiger partial charge is 0.339 e. The molecule has 1 N–H and O–H groups in total. The predicted octanol–water partition coefficient (Wildman–Crippen LogP) is 4.77. The van der Waals surface area contributed by atoms with Crippen LogP contribution in [0.1, 0.15) is 37.0 Å². The SMILES string of the molecule is COC(=O)c1ccccc1-n1c(C)cc(C=NNC(=O)c2cc3cc([N+](=O)[O-])ccc3s2)c1C. The lowest BCUT2D eigenvalue weighted by Crippen LogP contribution is -2.16. The second-order valence-corrected chi connectivity index (χ2v) is 8.54. The van der Waals surface area contributed by atoms with Gasteiger partial charge in [0.25, 0.3) is 11.6 Å². The molecule has 0 radical (unpaired) electrons. The maximum atomic E-state index is 12.5. The van der Waals surface area contributed by atoms with E-state index in [2.05, 4.69) is 10.5 Å². The number of nitro groups is 1. The largest absolute Gasteiger partial charge is 0.465 e. The molecule has 2 aromatic carbocycles. The summed E-state index contributed by atoms with van der Waals surface area (Å²) in [5.74, 6) is -0.843. The van der Waals surface area contributed by atoms with Crippen molar-refractivity contribution in [1.29, 1.82) is 0 Å². The number of benzene rings is 2. The van der Waals surface area contributed by atoms with Crippen LogP contribution in [-0.2, 0) is 4.74 Å². The predicted molar refractivity (Wildman–Crippen MR) is 130 cm³/mol. The maximum absolute atomic E-state index is 12.5. The molecular weight excluding hydrogens is 456 g/mol. The Morgan fingerprint density at radius 2 is 1.91 bits per heavy atom. The van der Waals surface area contributed by atoms with Crippen LogP contribution in [0.3, 0.4) is 0 Å².